The highest BCUT2D eigenvalue weighted by atomic mass is 35.5. The molecule has 0 saturated carbocycles. The second-order valence-electron chi connectivity index (χ2n) is 5.94. The summed E-state index contributed by atoms with van der Waals surface area (Å²) in [5.41, 5.74) is 4.99. The third kappa shape index (κ3) is 3.66. The second-order valence-corrected chi connectivity index (χ2v) is 6.37. The molecule has 138 valence electrons. The Hall–Kier alpha value is -3.25. The van der Waals surface area contributed by atoms with E-state index in [4.69, 9.17) is 11.6 Å². The Bertz CT molecular complexity index is 1040. The van der Waals surface area contributed by atoms with Crippen LogP contribution >= 0.6 is 11.6 Å². The first-order valence-corrected chi connectivity index (χ1v) is 8.63. The van der Waals surface area contributed by atoms with E-state index in [2.05, 4.69) is 33.8 Å². The van der Waals surface area contributed by atoms with E-state index in [1.165, 1.54) is 0 Å². The van der Waals surface area contributed by atoms with Gasteiger partial charge in [0.25, 0.3) is 0 Å². The highest BCUT2D eigenvalue weighted by molar-refractivity contribution is 6.31. The Morgan fingerprint density at radius 3 is 2.89 bits per heavy atom. The lowest BCUT2D eigenvalue weighted by Gasteiger charge is -2.13. The number of hydrogen-bond acceptors (Lipinski definition) is 4. The third-order valence-electron chi connectivity index (χ3n) is 4.10. The molecule has 0 aliphatic carbocycles. The number of rotatable bonds is 6. The standard InChI is InChI=1S/C20H20ClN5O/c1-5-13-11-26(4)25-19(13)15(6-2)12(3)23-17-10-22-24-20(17)16-9-14(21)7-8-18(16)27/h5-11,23,27H,1,3H2,2,4H3,(H,22,24)/b15-6-. The van der Waals surface area contributed by atoms with Crippen molar-refractivity contribution >= 4 is 28.9 Å². The van der Waals surface area contributed by atoms with Crippen molar-refractivity contribution in [2.75, 3.05) is 5.32 Å². The van der Waals surface area contributed by atoms with Gasteiger partial charge in [-0.1, -0.05) is 36.9 Å². The molecule has 0 aliphatic heterocycles. The van der Waals surface area contributed by atoms with Gasteiger partial charge >= 0.3 is 0 Å². The fourth-order valence-electron chi connectivity index (χ4n) is 2.84. The van der Waals surface area contributed by atoms with Crippen molar-refractivity contribution in [3.63, 3.8) is 0 Å². The normalized spacial score (nSPS) is 11.4. The van der Waals surface area contributed by atoms with Crippen LogP contribution in [-0.4, -0.2) is 25.1 Å². The molecular formula is C20H20ClN5O. The predicted octanol–water partition coefficient (Wildman–Crippen LogP) is 4.84. The molecule has 7 heteroatoms. The zero-order valence-electron chi connectivity index (χ0n) is 15.1. The molecule has 0 radical (unpaired) electrons. The topological polar surface area (TPSA) is 78.8 Å². The first kappa shape index (κ1) is 18.5. The highest BCUT2D eigenvalue weighted by Gasteiger charge is 2.17. The van der Waals surface area contributed by atoms with E-state index in [-0.39, 0.29) is 5.75 Å². The largest absolute Gasteiger partial charge is 0.507 e. The summed E-state index contributed by atoms with van der Waals surface area (Å²) >= 11 is 6.07. The number of halogens is 1. The van der Waals surface area contributed by atoms with Gasteiger partial charge in [-0.2, -0.15) is 10.2 Å². The third-order valence-corrected chi connectivity index (χ3v) is 4.33. The number of phenolic OH excluding ortho intramolecular Hbond substituents is 1. The summed E-state index contributed by atoms with van der Waals surface area (Å²) in [6.07, 6.45) is 7.21. The van der Waals surface area contributed by atoms with E-state index >= 15 is 0 Å². The minimum absolute atomic E-state index is 0.0993. The number of H-pyrrole nitrogens is 1. The van der Waals surface area contributed by atoms with Gasteiger partial charge in [0.15, 0.2) is 0 Å². The summed E-state index contributed by atoms with van der Waals surface area (Å²) in [7, 11) is 1.86. The summed E-state index contributed by atoms with van der Waals surface area (Å²) in [6, 6.07) is 4.83. The van der Waals surface area contributed by atoms with Gasteiger partial charge in [0.2, 0.25) is 0 Å². The number of allylic oxidation sites excluding steroid dienone is 2. The van der Waals surface area contributed by atoms with Crippen LogP contribution in [0.5, 0.6) is 5.75 Å². The first-order chi connectivity index (χ1) is 12.9. The molecule has 0 unspecified atom stereocenters. The molecule has 0 spiro atoms. The average Bonchev–Trinajstić information content (AvgIpc) is 3.24. The summed E-state index contributed by atoms with van der Waals surface area (Å²) in [4.78, 5) is 0. The van der Waals surface area contributed by atoms with Gasteiger partial charge in [-0.05, 0) is 25.1 Å². The van der Waals surface area contributed by atoms with Crippen molar-refractivity contribution in [1.82, 2.24) is 20.0 Å². The van der Waals surface area contributed by atoms with Gasteiger partial charge in [-0.15, -0.1) is 0 Å². The van der Waals surface area contributed by atoms with E-state index in [1.54, 1.807) is 35.2 Å². The molecule has 3 rings (SSSR count). The minimum Gasteiger partial charge on any atom is -0.507 e. The van der Waals surface area contributed by atoms with Crippen LogP contribution in [-0.2, 0) is 7.05 Å². The molecule has 0 aliphatic rings. The summed E-state index contributed by atoms with van der Waals surface area (Å²) in [5, 5.41) is 25.4. The number of nitrogens with one attached hydrogen (secondary N) is 2. The molecule has 0 saturated heterocycles. The van der Waals surface area contributed by atoms with E-state index in [0.717, 1.165) is 16.8 Å². The Morgan fingerprint density at radius 1 is 1.41 bits per heavy atom. The van der Waals surface area contributed by atoms with Gasteiger partial charge < -0.3 is 10.4 Å². The van der Waals surface area contributed by atoms with Gasteiger partial charge in [-0.25, -0.2) is 0 Å². The first-order valence-electron chi connectivity index (χ1n) is 8.26. The Morgan fingerprint density at radius 2 is 2.19 bits per heavy atom. The number of nitrogens with zero attached hydrogens (tertiary/aromatic N) is 3. The van der Waals surface area contributed by atoms with Crippen LogP contribution in [0.15, 0.2) is 55.5 Å². The van der Waals surface area contributed by atoms with Crippen LogP contribution in [0.3, 0.4) is 0 Å². The Balaban J connectivity index is 1.94. The van der Waals surface area contributed by atoms with Crippen molar-refractivity contribution in [1.29, 1.82) is 0 Å². The lowest BCUT2D eigenvalue weighted by Crippen LogP contribution is -2.03. The maximum absolute atomic E-state index is 10.2. The number of aryl methyl sites for hydroxylation is 1. The molecule has 0 fully saturated rings. The molecule has 6 nitrogen and oxygen atoms in total. The number of aromatic nitrogens is 4. The van der Waals surface area contributed by atoms with Crippen molar-refractivity contribution < 1.29 is 5.11 Å². The van der Waals surface area contributed by atoms with E-state index in [0.29, 0.717) is 27.7 Å². The van der Waals surface area contributed by atoms with Crippen molar-refractivity contribution in [2.45, 2.75) is 6.92 Å². The monoisotopic (exact) mass is 381 g/mol. The number of anilines is 1. The van der Waals surface area contributed by atoms with Crippen molar-refractivity contribution in [2.24, 2.45) is 7.05 Å². The van der Waals surface area contributed by atoms with Gasteiger partial charge in [0, 0.05) is 40.7 Å². The van der Waals surface area contributed by atoms with Crippen LogP contribution in [0.1, 0.15) is 18.2 Å². The highest BCUT2D eigenvalue weighted by Crippen LogP contribution is 2.36. The van der Waals surface area contributed by atoms with Gasteiger partial charge in [0.05, 0.1) is 17.6 Å². The molecule has 27 heavy (non-hydrogen) atoms. The predicted molar refractivity (Wildman–Crippen MR) is 110 cm³/mol. The van der Waals surface area contributed by atoms with Gasteiger partial charge in [-0.3, -0.25) is 9.78 Å². The summed E-state index contributed by atoms with van der Waals surface area (Å²) in [5.74, 6) is 0.0993. The molecule has 0 amide bonds. The minimum atomic E-state index is 0.0993. The van der Waals surface area contributed by atoms with E-state index in [9.17, 15) is 5.11 Å². The van der Waals surface area contributed by atoms with Crippen molar-refractivity contribution in [3.8, 4) is 17.0 Å². The zero-order valence-corrected chi connectivity index (χ0v) is 15.9. The SMILES string of the molecule is C=Cc1cn(C)nc1/C(=C\C)C(=C)Nc1cn[nH]c1-c1cc(Cl)ccc1O. The maximum Gasteiger partial charge on any atom is 0.125 e. The maximum atomic E-state index is 10.2. The van der Waals surface area contributed by atoms with Crippen LogP contribution in [0.2, 0.25) is 5.02 Å². The average molecular weight is 382 g/mol. The smallest absolute Gasteiger partial charge is 0.125 e. The van der Waals surface area contributed by atoms with Gasteiger partial charge in [0.1, 0.15) is 11.4 Å². The summed E-state index contributed by atoms with van der Waals surface area (Å²) in [6.45, 7) is 9.91. The fourth-order valence-corrected chi connectivity index (χ4v) is 3.02. The van der Waals surface area contributed by atoms with Crippen LogP contribution in [0, 0.1) is 0 Å². The van der Waals surface area contributed by atoms with Crippen molar-refractivity contribution in [3.05, 3.63) is 71.8 Å². The molecule has 2 aromatic heterocycles. The lowest BCUT2D eigenvalue weighted by molar-refractivity contribution is 0.477. The quantitative estimate of drug-likeness (QED) is 0.534. The lowest BCUT2D eigenvalue weighted by atomic mass is 10.0. The number of hydrogen-bond donors (Lipinski definition) is 3. The summed E-state index contributed by atoms with van der Waals surface area (Å²) < 4.78 is 1.73. The molecule has 2 heterocycles. The molecule has 0 atom stereocenters. The molecule has 3 N–H and O–H groups in total. The van der Waals surface area contributed by atoms with E-state index < -0.39 is 0 Å². The Kier molecular flexibility index (Phi) is 5.19. The number of aromatic hydroxyl groups is 1. The number of phenols is 1. The Labute approximate surface area is 162 Å². The zero-order chi connectivity index (χ0) is 19.6. The van der Waals surface area contributed by atoms with Crippen LogP contribution < -0.4 is 5.32 Å². The second kappa shape index (κ2) is 7.55. The van der Waals surface area contributed by atoms with E-state index in [1.807, 2.05) is 26.2 Å². The fraction of sp³-hybridized carbons (Fsp3) is 0.100. The molecular weight excluding hydrogens is 362 g/mol. The molecule has 0 bridgehead atoms. The number of aromatic amines is 1. The molecule has 1 aromatic carbocycles. The van der Waals surface area contributed by atoms with Crippen LogP contribution in [0.25, 0.3) is 22.9 Å². The molecule has 3 aromatic rings. The van der Waals surface area contributed by atoms with Crippen LogP contribution in [0.4, 0.5) is 5.69 Å². The number of benzene rings is 1.